The summed E-state index contributed by atoms with van der Waals surface area (Å²) in [5.41, 5.74) is 0. The van der Waals surface area contributed by atoms with Gasteiger partial charge >= 0.3 is 0 Å². The van der Waals surface area contributed by atoms with Gasteiger partial charge in [0.2, 0.25) is 0 Å². The van der Waals surface area contributed by atoms with Gasteiger partial charge in [-0.25, -0.2) is 0 Å². The van der Waals surface area contributed by atoms with E-state index in [1.54, 1.807) is 4.90 Å². The monoisotopic (exact) mass is 349 g/mol. The quantitative estimate of drug-likeness (QED) is 0.428. The Morgan fingerprint density at radius 2 is 0.800 bits per heavy atom. The highest BCUT2D eigenvalue weighted by atomic mass is 79.9. The van der Waals surface area contributed by atoms with E-state index in [-0.39, 0.29) is 17.0 Å². The van der Waals surface area contributed by atoms with E-state index in [9.17, 15) is 0 Å². The molecular weight excluding hydrogens is 310 g/mol. The number of nitrogens with one attached hydrogen (secondary N) is 1. The summed E-state index contributed by atoms with van der Waals surface area (Å²) >= 11 is 0. The molecule has 0 atom stereocenters. The number of hydrogen-bond donors (Lipinski definition) is 1. The molecule has 0 bridgehead atoms. The standard InChI is InChI=1S/C18H39N.BrH/c1-4-5-6-7-8-9-10-11-12-13-14-15-16-17-18-19(2)3;/h4-18H2,1-3H3;1H. The second kappa shape index (κ2) is 19.4. The number of rotatable bonds is 15. The average Bonchev–Trinajstić information content (AvgIpc) is 2.39. The van der Waals surface area contributed by atoms with Gasteiger partial charge in [-0.3, -0.25) is 0 Å². The topological polar surface area (TPSA) is 4.44 Å². The van der Waals surface area contributed by atoms with Crippen LogP contribution in [0.2, 0.25) is 0 Å². The molecule has 0 aliphatic heterocycles. The van der Waals surface area contributed by atoms with Crippen LogP contribution in [0, 0.1) is 0 Å². The summed E-state index contributed by atoms with van der Waals surface area (Å²) in [5, 5.41) is 0. The van der Waals surface area contributed by atoms with Crippen LogP contribution in [0.1, 0.15) is 96.8 Å². The van der Waals surface area contributed by atoms with E-state index in [1.807, 2.05) is 0 Å². The molecule has 0 aliphatic carbocycles. The molecule has 0 rings (SSSR count). The van der Waals surface area contributed by atoms with Gasteiger partial charge in [0, 0.05) is 0 Å². The summed E-state index contributed by atoms with van der Waals surface area (Å²) in [4.78, 5) is 1.60. The third-order valence-corrected chi connectivity index (χ3v) is 4.03. The zero-order chi connectivity index (χ0) is 14.2. The lowest BCUT2D eigenvalue weighted by Gasteiger charge is -2.06. The van der Waals surface area contributed by atoms with Crippen molar-refractivity contribution in [3.05, 3.63) is 0 Å². The lowest BCUT2D eigenvalue weighted by atomic mass is 10.0. The predicted octanol–water partition coefficient (Wildman–Crippen LogP) is 1.62. The molecule has 0 heterocycles. The van der Waals surface area contributed by atoms with Gasteiger partial charge in [0.25, 0.3) is 0 Å². The lowest BCUT2D eigenvalue weighted by Crippen LogP contribution is -3.05. The fourth-order valence-corrected chi connectivity index (χ4v) is 2.67. The van der Waals surface area contributed by atoms with Crippen molar-refractivity contribution >= 4 is 0 Å². The van der Waals surface area contributed by atoms with Gasteiger partial charge in [0.1, 0.15) is 0 Å². The zero-order valence-electron chi connectivity index (χ0n) is 14.5. The van der Waals surface area contributed by atoms with Crippen molar-refractivity contribution in [2.24, 2.45) is 0 Å². The van der Waals surface area contributed by atoms with Gasteiger partial charge in [-0.1, -0.05) is 84.0 Å². The van der Waals surface area contributed by atoms with Crippen molar-refractivity contribution < 1.29 is 21.9 Å². The van der Waals surface area contributed by atoms with Crippen molar-refractivity contribution in [1.29, 1.82) is 0 Å². The van der Waals surface area contributed by atoms with Crippen LogP contribution in [-0.4, -0.2) is 20.6 Å². The molecule has 20 heavy (non-hydrogen) atoms. The van der Waals surface area contributed by atoms with Gasteiger partial charge in [-0.05, 0) is 12.8 Å². The average molecular weight is 350 g/mol. The molecular formula is C18H40BrN. The number of quaternary nitrogens is 1. The van der Waals surface area contributed by atoms with Crippen molar-refractivity contribution in [1.82, 2.24) is 0 Å². The third kappa shape index (κ3) is 20.8. The molecule has 0 unspecified atom stereocenters. The second-order valence-electron chi connectivity index (χ2n) is 6.55. The molecule has 124 valence electrons. The minimum atomic E-state index is 0. The van der Waals surface area contributed by atoms with E-state index in [0.717, 1.165) is 0 Å². The van der Waals surface area contributed by atoms with E-state index in [1.165, 1.54) is 96.4 Å². The zero-order valence-corrected chi connectivity index (χ0v) is 16.1. The molecule has 0 saturated carbocycles. The minimum Gasteiger partial charge on any atom is -1.00 e. The normalized spacial score (nSPS) is 10.8. The van der Waals surface area contributed by atoms with Crippen LogP contribution in [-0.2, 0) is 0 Å². The molecule has 0 aromatic heterocycles. The largest absolute Gasteiger partial charge is 1.00 e. The van der Waals surface area contributed by atoms with Crippen LogP contribution >= 0.6 is 0 Å². The molecule has 1 N–H and O–H groups in total. The summed E-state index contributed by atoms with van der Waals surface area (Å²) in [5.74, 6) is 0. The van der Waals surface area contributed by atoms with E-state index in [0.29, 0.717) is 0 Å². The van der Waals surface area contributed by atoms with E-state index in [2.05, 4.69) is 21.0 Å². The Morgan fingerprint density at radius 1 is 0.500 bits per heavy atom. The van der Waals surface area contributed by atoms with Crippen LogP contribution in [0.3, 0.4) is 0 Å². The van der Waals surface area contributed by atoms with Gasteiger partial charge in [0.05, 0.1) is 20.6 Å². The van der Waals surface area contributed by atoms with E-state index < -0.39 is 0 Å². The van der Waals surface area contributed by atoms with Crippen molar-refractivity contribution in [3.8, 4) is 0 Å². The van der Waals surface area contributed by atoms with E-state index >= 15 is 0 Å². The fraction of sp³-hybridized carbons (Fsp3) is 1.00. The van der Waals surface area contributed by atoms with Gasteiger partial charge in [0.15, 0.2) is 0 Å². The van der Waals surface area contributed by atoms with Crippen LogP contribution in [0.15, 0.2) is 0 Å². The summed E-state index contributed by atoms with van der Waals surface area (Å²) in [6, 6.07) is 0. The van der Waals surface area contributed by atoms with Crippen LogP contribution < -0.4 is 21.9 Å². The highest BCUT2D eigenvalue weighted by molar-refractivity contribution is 4.49. The Bertz CT molecular complexity index is 159. The Labute approximate surface area is 139 Å². The number of unbranched alkanes of at least 4 members (excludes halogenated alkanes) is 13. The second-order valence-corrected chi connectivity index (χ2v) is 6.55. The molecule has 0 saturated heterocycles. The van der Waals surface area contributed by atoms with Crippen LogP contribution in [0.5, 0.6) is 0 Å². The van der Waals surface area contributed by atoms with Crippen molar-refractivity contribution in [2.75, 3.05) is 20.6 Å². The SMILES string of the molecule is CCCCCCCCCCCCCCCC[NH+](C)C.[Br-]. The first-order valence-electron chi connectivity index (χ1n) is 9.06. The molecule has 0 aliphatic rings. The third-order valence-electron chi connectivity index (χ3n) is 4.03. The maximum atomic E-state index is 2.29. The smallest absolute Gasteiger partial charge is 0.0766 e. The predicted molar refractivity (Wildman–Crippen MR) is 88.0 cm³/mol. The summed E-state index contributed by atoms with van der Waals surface area (Å²) in [6.07, 6.45) is 20.4. The molecule has 0 aromatic carbocycles. The van der Waals surface area contributed by atoms with Crippen molar-refractivity contribution in [3.63, 3.8) is 0 Å². The van der Waals surface area contributed by atoms with Crippen LogP contribution in [0.4, 0.5) is 0 Å². The Balaban J connectivity index is 0. The van der Waals surface area contributed by atoms with Crippen molar-refractivity contribution in [2.45, 2.75) is 96.8 Å². The van der Waals surface area contributed by atoms with Gasteiger partial charge < -0.3 is 21.9 Å². The highest BCUT2D eigenvalue weighted by Crippen LogP contribution is 2.12. The molecule has 0 spiro atoms. The maximum absolute atomic E-state index is 2.29. The molecule has 0 amide bonds. The molecule has 0 radical (unpaired) electrons. The van der Waals surface area contributed by atoms with Gasteiger partial charge in [-0.2, -0.15) is 0 Å². The molecule has 0 fully saturated rings. The molecule has 0 aromatic rings. The maximum Gasteiger partial charge on any atom is 0.0766 e. The summed E-state index contributed by atoms with van der Waals surface area (Å²) < 4.78 is 0. The van der Waals surface area contributed by atoms with Gasteiger partial charge in [-0.15, -0.1) is 0 Å². The first-order valence-corrected chi connectivity index (χ1v) is 9.06. The summed E-state index contributed by atoms with van der Waals surface area (Å²) in [6.45, 7) is 3.64. The highest BCUT2D eigenvalue weighted by Gasteiger charge is 1.95. The minimum absolute atomic E-state index is 0. The Kier molecular flexibility index (Phi) is 22.1. The first kappa shape index (κ1) is 22.7. The molecule has 2 heteroatoms. The summed E-state index contributed by atoms with van der Waals surface area (Å²) in [7, 11) is 4.50. The molecule has 1 nitrogen and oxygen atoms in total. The number of hydrogen-bond acceptors (Lipinski definition) is 0. The first-order chi connectivity index (χ1) is 9.27. The number of halogens is 1. The Hall–Kier alpha value is 0.440. The van der Waals surface area contributed by atoms with Crippen LogP contribution in [0.25, 0.3) is 0 Å². The lowest BCUT2D eigenvalue weighted by molar-refractivity contribution is -0.858. The fourth-order valence-electron chi connectivity index (χ4n) is 2.67. The van der Waals surface area contributed by atoms with E-state index in [4.69, 9.17) is 0 Å². The Morgan fingerprint density at radius 3 is 1.10 bits per heavy atom.